The number of nitrogens with one attached hydrogen (secondary N) is 1. The molecule has 0 heterocycles. The van der Waals surface area contributed by atoms with Crippen molar-refractivity contribution in [3.05, 3.63) is 0 Å². The number of rotatable bonds is 5. The Bertz CT molecular complexity index is 294. The average molecular weight is 330 g/mol. The van der Waals surface area contributed by atoms with Gasteiger partial charge in [-0.2, -0.15) is 0 Å². The molecule has 2 fully saturated rings. The molecule has 0 aromatic rings. The molecule has 2 aliphatic carbocycles. The molecule has 2 saturated carbocycles. The summed E-state index contributed by atoms with van der Waals surface area (Å²) in [6.07, 6.45) is 11.3. The highest BCUT2D eigenvalue weighted by atomic mass is 79.9. The van der Waals surface area contributed by atoms with Crippen molar-refractivity contribution in [2.45, 2.75) is 69.5 Å². The minimum atomic E-state index is 0.301. The minimum Gasteiger partial charge on any atom is -0.356 e. The van der Waals surface area contributed by atoms with Crippen LogP contribution in [0, 0.1) is 17.8 Å². The number of hydrogen-bond acceptors (Lipinski definition) is 1. The first kappa shape index (κ1) is 15.3. The molecule has 2 aliphatic rings. The predicted octanol–water partition coefficient (Wildman–Crippen LogP) is 4.27. The number of carbonyl (C=O) groups excluding carboxylic acids is 1. The second-order valence-corrected chi connectivity index (χ2v) is 7.69. The van der Waals surface area contributed by atoms with E-state index in [0.29, 0.717) is 16.7 Å². The van der Waals surface area contributed by atoms with Crippen molar-refractivity contribution in [2.75, 3.05) is 6.54 Å². The molecule has 19 heavy (non-hydrogen) atoms. The highest BCUT2D eigenvalue weighted by Crippen LogP contribution is 2.42. The zero-order valence-corrected chi connectivity index (χ0v) is 13.8. The fourth-order valence-electron chi connectivity index (χ4n) is 3.81. The summed E-state index contributed by atoms with van der Waals surface area (Å²) in [5.74, 6) is 2.40. The highest BCUT2D eigenvalue weighted by molar-refractivity contribution is 9.09. The summed E-state index contributed by atoms with van der Waals surface area (Å²) < 4.78 is 0. The third-order valence-corrected chi connectivity index (χ3v) is 6.22. The van der Waals surface area contributed by atoms with Gasteiger partial charge in [-0.1, -0.05) is 48.5 Å². The van der Waals surface area contributed by atoms with Gasteiger partial charge in [0.05, 0.1) is 0 Å². The smallest absolute Gasteiger partial charge is 0.223 e. The van der Waals surface area contributed by atoms with Crippen molar-refractivity contribution in [1.29, 1.82) is 0 Å². The molecule has 110 valence electrons. The fraction of sp³-hybridized carbons (Fsp3) is 0.938. The molecule has 0 bridgehead atoms. The summed E-state index contributed by atoms with van der Waals surface area (Å²) in [6, 6.07) is 0. The van der Waals surface area contributed by atoms with Crippen molar-refractivity contribution in [1.82, 2.24) is 5.32 Å². The van der Waals surface area contributed by atoms with Gasteiger partial charge < -0.3 is 5.32 Å². The molecular weight excluding hydrogens is 302 g/mol. The Morgan fingerprint density at radius 2 is 1.95 bits per heavy atom. The predicted molar refractivity (Wildman–Crippen MR) is 83.4 cm³/mol. The molecule has 0 spiro atoms. The van der Waals surface area contributed by atoms with E-state index in [2.05, 4.69) is 28.2 Å². The second-order valence-electron chi connectivity index (χ2n) is 6.40. The fourth-order valence-corrected chi connectivity index (χ4v) is 4.04. The number of hydrogen-bond donors (Lipinski definition) is 1. The quantitative estimate of drug-likeness (QED) is 0.749. The molecule has 0 aromatic carbocycles. The third-order valence-electron chi connectivity index (χ3n) is 5.11. The van der Waals surface area contributed by atoms with Crippen LogP contribution in [0.4, 0.5) is 0 Å². The molecule has 0 saturated heterocycles. The highest BCUT2D eigenvalue weighted by Gasteiger charge is 2.34. The van der Waals surface area contributed by atoms with Gasteiger partial charge in [0.25, 0.3) is 0 Å². The van der Waals surface area contributed by atoms with E-state index in [4.69, 9.17) is 0 Å². The first-order valence-corrected chi connectivity index (χ1v) is 9.04. The van der Waals surface area contributed by atoms with Gasteiger partial charge in [-0.3, -0.25) is 4.79 Å². The van der Waals surface area contributed by atoms with Gasteiger partial charge in [-0.15, -0.1) is 0 Å². The topological polar surface area (TPSA) is 29.1 Å². The van der Waals surface area contributed by atoms with Gasteiger partial charge in [0, 0.05) is 17.3 Å². The molecule has 1 N–H and O–H groups in total. The number of halogens is 1. The van der Waals surface area contributed by atoms with E-state index in [1.54, 1.807) is 0 Å². The van der Waals surface area contributed by atoms with Crippen molar-refractivity contribution in [3.8, 4) is 0 Å². The summed E-state index contributed by atoms with van der Waals surface area (Å²) in [4.78, 5) is 12.8. The van der Waals surface area contributed by atoms with E-state index in [0.717, 1.165) is 44.1 Å². The molecular formula is C16H28BrNO. The summed E-state index contributed by atoms with van der Waals surface area (Å²) in [5, 5.41) is 3.14. The molecule has 4 unspecified atom stereocenters. The Labute approximate surface area is 126 Å². The lowest BCUT2D eigenvalue weighted by atomic mass is 9.67. The van der Waals surface area contributed by atoms with E-state index in [9.17, 15) is 4.79 Å². The first-order chi connectivity index (χ1) is 9.20. The normalized spacial score (nSPS) is 32.4. The lowest BCUT2D eigenvalue weighted by Crippen LogP contribution is -2.38. The van der Waals surface area contributed by atoms with Crippen LogP contribution in [-0.4, -0.2) is 17.3 Å². The molecule has 3 heteroatoms. The number of fused-ring (bicyclic) bond motifs is 1. The van der Waals surface area contributed by atoms with Gasteiger partial charge in [0.1, 0.15) is 0 Å². The third kappa shape index (κ3) is 4.47. The van der Waals surface area contributed by atoms with Gasteiger partial charge in [0.2, 0.25) is 5.91 Å². The van der Waals surface area contributed by atoms with E-state index >= 15 is 0 Å². The van der Waals surface area contributed by atoms with Crippen LogP contribution in [0.2, 0.25) is 0 Å². The number of carbonyl (C=O) groups is 1. The maximum absolute atomic E-state index is 12.2. The molecule has 2 nitrogen and oxygen atoms in total. The van der Waals surface area contributed by atoms with Crippen molar-refractivity contribution in [3.63, 3.8) is 0 Å². The Hall–Kier alpha value is -0.0500. The largest absolute Gasteiger partial charge is 0.356 e. The van der Waals surface area contributed by atoms with E-state index in [1.165, 1.54) is 32.1 Å². The van der Waals surface area contributed by atoms with Crippen molar-refractivity contribution >= 4 is 21.8 Å². The molecule has 4 atom stereocenters. The summed E-state index contributed by atoms with van der Waals surface area (Å²) in [5.41, 5.74) is 0. The lowest BCUT2D eigenvalue weighted by Gasteiger charge is -2.38. The van der Waals surface area contributed by atoms with E-state index < -0.39 is 0 Å². The standard InChI is InChI=1S/C16H28BrNO/c1-2-15(17)9-10-18-16(19)14-8-7-12-5-3-4-6-13(12)11-14/h12-15H,2-11H2,1H3,(H,18,19). The van der Waals surface area contributed by atoms with Crippen LogP contribution in [0.3, 0.4) is 0 Å². The van der Waals surface area contributed by atoms with Gasteiger partial charge in [0.15, 0.2) is 0 Å². The van der Waals surface area contributed by atoms with Crippen molar-refractivity contribution in [2.24, 2.45) is 17.8 Å². The maximum Gasteiger partial charge on any atom is 0.223 e. The van der Waals surface area contributed by atoms with Gasteiger partial charge >= 0.3 is 0 Å². The molecule has 2 rings (SSSR count). The zero-order chi connectivity index (χ0) is 13.7. The molecule has 0 aromatic heterocycles. The van der Waals surface area contributed by atoms with Gasteiger partial charge in [-0.05, 0) is 43.9 Å². The Morgan fingerprint density at radius 3 is 2.68 bits per heavy atom. The molecule has 1 amide bonds. The van der Waals surface area contributed by atoms with E-state index in [-0.39, 0.29) is 0 Å². The lowest BCUT2D eigenvalue weighted by molar-refractivity contribution is -0.127. The zero-order valence-electron chi connectivity index (χ0n) is 12.2. The van der Waals surface area contributed by atoms with Crippen LogP contribution < -0.4 is 5.32 Å². The van der Waals surface area contributed by atoms with Crippen LogP contribution in [-0.2, 0) is 4.79 Å². The number of amides is 1. The van der Waals surface area contributed by atoms with Crippen LogP contribution in [0.5, 0.6) is 0 Å². The van der Waals surface area contributed by atoms with Crippen molar-refractivity contribution < 1.29 is 4.79 Å². The summed E-state index contributed by atoms with van der Waals surface area (Å²) in [7, 11) is 0. The Kier molecular flexibility index (Phi) is 6.18. The van der Waals surface area contributed by atoms with Crippen LogP contribution >= 0.6 is 15.9 Å². The van der Waals surface area contributed by atoms with E-state index in [1.807, 2.05) is 0 Å². The van der Waals surface area contributed by atoms with Gasteiger partial charge in [-0.25, -0.2) is 0 Å². The first-order valence-electron chi connectivity index (χ1n) is 8.12. The summed E-state index contributed by atoms with van der Waals surface area (Å²) >= 11 is 3.62. The number of alkyl halides is 1. The Balaban J connectivity index is 1.71. The van der Waals surface area contributed by atoms with Crippen LogP contribution in [0.15, 0.2) is 0 Å². The minimum absolute atomic E-state index is 0.301. The van der Waals surface area contributed by atoms with Crippen LogP contribution in [0.1, 0.15) is 64.7 Å². The SMILES string of the molecule is CCC(Br)CCNC(=O)C1CCC2CCCCC2C1. The monoisotopic (exact) mass is 329 g/mol. The Morgan fingerprint density at radius 1 is 1.21 bits per heavy atom. The van der Waals surface area contributed by atoms with Crippen LogP contribution in [0.25, 0.3) is 0 Å². The average Bonchev–Trinajstić information content (AvgIpc) is 2.46. The second kappa shape index (κ2) is 7.66. The summed E-state index contributed by atoms with van der Waals surface area (Å²) in [6.45, 7) is 3.00. The maximum atomic E-state index is 12.2. The molecule has 0 aliphatic heterocycles. The molecule has 0 radical (unpaired) electrons.